The number of benzene rings is 2. The van der Waals surface area contributed by atoms with Gasteiger partial charge in [0, 0.05) is 15.9 Å². The molecule has 0 aliphatic carbocycles. The molecule has 26 heavy (non-hydrogen) atoms. The van der Waals surface area contributed by atoms with E-state index in [9.17, 15) is 4.21 Å². The molecule has 1 fully saturated rings. The highest BCUT2D eigenvalue weighted by molar-refractivity contribution is 8.02. The lowest BCUT2D eigenvalue weighted by Gasteiger charge is -2.38. The molecule has 0 spiro atoms. The van der Waals surface area contributed by atoms with Crippen LogP contribution in [0.4, 0.5) is 0 Å². The molecule has 0 aromatic heterocycles. The molecule has 1 heterocycles. The zero-order chi connectivity index (χ0) is 19.2. The van der Waals surface area contributed by atoms with Gasteiger partial charge in [-0.2, -0.15) is 0 Å². The number of rotatable bonds is 5. The van der Waals surface area contributed by atoms with Gasteiger partial charge < -0.3 is 0 Å². The maximum Gasteiger partial charge on any atom is 0.0839 e. The van der Waals surface area contributed by atoms with Gasteiger partial charge in [0.05, 0.1) is 23.2 Å². The first-order chi connectivity index (χ1) is 12.2. The van der Waals surface area contributed by atoms with Gasteiger partial charge in [-0.15, -0.1) is 6.58 Å². The van der Waals surface area contributed by atoms with Crippen molar-refractivity contribution in [2.75, 3.05) is 0 Å². The summed E-state index contributed by atoms with van der Waals surface area (Å²) < 4.78 is 13.3. The van der Waals surface area contributed by atoms with Crippen LogP contribution in [0.1, 0.15) is 25.0 Å². The minimum Gasteiger partial charge on any atom is -0.254 e. The summed E-state index contributed by atoms with van der Waals surface area (Å²) >= 11 is 0. The Morgan fingerprint density at radius 2 is 1.38 bits per heavy atom. The second kappa shape index (κ2) is 6.47. The summed E-state index contributed by atoms with van der Waals surface area (Å²) in [5.41, 5.74) is 3.21. The van der Waals surface area contributed by atoms with E-state index < -0.39 is 18.9 Å². The van der Waals surface area contributed by atoms with E-state index in [-0.39, 0.29) is 9.79 Å². The second-order valence-corrected chi connectivity index (χ2v) is 15.7. The Kier molecular flexibility index (Phi) is 4.74. The molecule has 2 aromatic carbocycles. The molecular formula is C23H28OSSi. The molecule has 1 nitrogen and oxygen atoms in total. The molecule has 0 bridgehead atoms. The molecule has 0 amide bonds. The summed E-state index contributed by atoms with van der Waals surface area (Å²) in [6, 6.07) is 20.8. The van der Waals surface area contributed by atoms with Crippen molar-refractivity contribution in [3.8, 4) is 0 Å². The summed E-state index contributed by atoms with van der Waals surface area (Å²) in [5.74, 6) is 0. The molecule has 3 heteroatoms. The summed E-state index contributed by atoms with van der Waals surface area (Å²) in [4.78, 5) is 1.11. The van der Waals surface area contributed by atoms with Crippen LogP contribution in [0.2, 0.25) is 19.6 Å². The third-order valence-corrected chi connectivity index (χ3v) is 13.1. The van der Waals surface area contributed by atoms with Gasteiger partial charge in [0.1, 0.15) is 0 Å². The fraction of sp³-hybridized carbons (Fsp3) is 0.304. The minimum absolute atomic E-state index is 0.216. The summed E-state index contributed by atoms with van der Waals surface area (Å²) in [6.45, 7) is 15.5. The van der Waals surface area contributed by atoms with Gasteiger partial charge in [-0.1, -0.05) is 100 Å². The van der Waals surface area contributed by atoms with Crippen molar-refractivity contribution in [3.63, 3.8) is 0 Å². The van der Waals surface area contributed by atoms with E-state index in [1.54, 1.807) is 0 Å². The van der Waals surface area contributed by atoms with Crippen LogP contribution in [0.5, 0.6) is 0 Å². The Morgan fingerprint density at radius 1 is 0.962 bits per heavy atom. The first-order valence-electron chi connectivity index (χ1n) is 9.09. The fourth-order valence-corrected chi connectivity index (χ4v) is 12.7. The maximum atomic E-state index is 13.6. The monoisotopic (exact) mass is 380 g/mol. The topological polar surface area (TPSA) is 17.1 Å². The van der Waals surface area contributed by atoms with E-state index in [2.05, 4.69) is 88.6 Å². The van der Waals surface area contributed by atoms with Crippen molar-refractivity contribution in [3.05, 3.63) is 89.4 Å². The molecule has 2 aromatic rings. The van der Waals surface area contributed by atoms with Crippen molar-refractivity contribution in [2.45, 2.75) is 37.9 Å². The molecular weight excluding hydrogens is 352 g/mol. The lowest BCUT2D eigenvalue weighted by molar-refractivity contribution is 0.470. The SMILES string of the molecule is C=CC(C)(C)C1([Si](C)(C)C)C(=C(c2ccccc2)c2ccccc2)S1=O. The lowest BCUT2D eigenvalue weighted by Crippen LogP contribution is -2.51. The second-order valence-electron chi connectivity index (χ2n) is 8.56. The number of hydrogen-bond donors (Lipinski definition) is 0. The third-order valence-electron chi connectivity index (χ3n) is 5.57. The predicted molar refractivity (Wildman–Crippen MR) is 117 cm³/mol. The van der Waals surface area contributed by atoms with Crippen LogP contribution in [0.25, 0.3) is 5.57 Å². The first kappa shape index (κ1) is 19.1. The Hall–Kier alpha value is -1.71. The average molecular weight is 381 g/mol. The first-order valence-corrected chi connectivity index (χ1v) is 13.7. The van der Waals surface area contributed by atoms with Gasteiger partial charge in [-0.3, -0.25) is 4.21 Å². The Morgan fingerprint density at radius 3 is 1.73 bits per heavy atom. The van der Waals surface area contributed by atoms with Crippen LogP contribution in [0.3, 0.4) is 0 Å². The highest BCUT2D eigenvalue weighted by Crippen LogP contribution is 2.65. The molecule has 136 valence electrons. The van der Waals surface area contributed by atoms with E-state index in [4.69, 9.17) is 0 Å². The molecule has 0 saturated carbocycles. The molecule has 1 aliphatic heterocycles. The van der Waals surface area contributed by atoms with Crippen molar-refractivity contribution < 1.29 is 4.21 Å². The van der Waals surface area contributed by atoms with Crippen LogP contribution in [0, 0.1) is 5.41 Å². The summed E-state index contributed by atoms with van der Waals surface area (Å²) in [5, 5.41) is 0. The van der Waals surface area contributed by atoms with Gasteiger partial charge in [-0.25, -0.2) is 0 Å². The fourth-order valence-electron chi connectivity index (χ4n) is 4.37. The summed E-state index contributed by atoms with van der Waals surface area (Å²) in [6.07, 6.45) is 2.00. The van der Waals surface area contributed by atoms with E-state index in [0.29, 0.717) is 0 Å². The van der Waals surface area contributed by atoms with Crippen LogP contribution in [-0.4, -0.2) is 16.7 Å². The molecule has 1 aliphatic rings. The number of hydrogen-bond acceptors (Lipinski definition) is 1. The van der Waals surface area contributed by atoms with Gasteiger partial charge >= 0.3 is 0 Å². The zero-order valence-electron chi connectivity index (χ0n) is 16.4. The van der Waals surface area contributed by atoms with E-state index in [1.165, 1.54) is 0 Å². The Labute approximate surface area is 161 Å². The predicted octanol–water partition coefficient (Wildman–Crippen LogP) is 6.04. The molecule has 1 saturated heterocycles. The molecule has 3 rings (SSSR count). The zero-order valence-corrected chi connectivity index (χ0v) is 18.2. The van der Waals surface area contributed by atoms with Gasteiger partial charge in [-0.05, 0) is 11.1 Å². The summed E-state index contributed by atoms with van der Waals surface area (Å²) in [7, 11) is -2.81. The van der Waals surface area contributed by atoms with E-state index >= 15 is 0 Å². The van der Waals surface area contributed by atoms with Gasteiger partial charge in [0.25, 0.3) is 0 Å². The van der Waals surface area contributed by atoms with E-state index in [0.717, 1.165) is 21.6 Å². The molecule has 2 atom stereocenters. The smallest absolute Gasteiger partial charge is 0.0839 e. The normalized spacial score (nSPS) is 22.8. The van der Waals surface area contributed by atoms with Gasteiger partial charge in [0.2, 0.25) is 0 Å². The average Bonchev–Trinajstić information content (AvgIpc) is 3.24. The highest BCUT2D eigenvalue weighted by atomic mass is 32.2. The van der Waals surface area contributed by atoms with Crippen molar-refractivity contribution in [1.82, 2.24) is 0 Å². The highest BCUT2D eigenvalue weighted by Gasteiger charge is 2.73. The van der Waals surface area contributed by atoms with Crippen molar-refractivity contribution >= 4 is 24.4 Å². The molecule has 0 N–H and O–H groups in total. The Balaban J connectivity index is 2.38. The van der Waals surface area contributed by atoms with Gasteiger partial charge in [0.15, 0.2) is 0 Å². The van der Waals surface area contributed by atoms with Crippen LogP contribution < -0.4 is 0 Å². The molecule has 0 radical (unpaired) electrons. The van der Waals surface area contributed by atoms with Crippen molar-refractivity contribution in [1.29, 1.82) is 0 Å². The standard InChI is InChI=1S/C23H28OSSi/c1-7-22(2,3)23(26(4,5)6)21(25(23)24)20(18-14-10-8-11-15-18)19-16-12-9-13-17-19/h7-17H,1H2,2-6H3. The minimum atomic E-state index is -1.81. The Bertz CT molecular complexity index is 834. The van der Waals surface area contributed by atoms with Crippen molar-refractivity contribution in [2.24, 2.45) is 5.41 Å². The quantitative estimate of drug-likeness (QED) is 0.351. The van der Waals surface area contributed by atoms with Crippen LogP contribution in [-0.2, 0) is 10.8 Å². The van der Waals surface area contributed by atoms with Crippen LogP contribution in [0.15, 0.2) is 78.2 Å². The lowest BCUT2D eigenvalue weighted by atomic mass is 9.86. The largest absolute Gasteiger partial charge is 0.254 e. The van der Waals surface area contributed by atoms with E-state index in [1.807, 2.05) is 18.2 Å². The number of allylic oxidation sites excluding steroid dienone is 1. The molecule has 2 unspecified atom stereocenters. The maximum absolute atomic E-state index is 13.6. The third kappa shape index (κ3) is 2.69. The van der Waals surface area contributed by atoms with Crippen LogP contribution >= 0.6 is 0 Å².